The van der Waals surface area contributed by atoms with E-state index in [0.29, 0.717) is 60.5 Å². The number of amides is 2. The summed E-state index contributed by atoms with van der Waals surface area (Å²) in [5.74, 6) is -1.40. The topological polar surface area (TPSA) is 143 Å². The number of carbonyl (C=O) groups is 1. The number of aliphatic hydroxyl groups excluding tert-OH is 1. The Bertz CT molecular complexity index is 1620. The predicted octanol–water partition coefficient (Wildman–Crippen LogP) is 2.62. The second-order valence-electron chi connectivity index (χ2n) is 10.6. The molecule has 4 aromatic rings. The number of aromatic nitrogens is 5. The average Bonchev–Trinajstić information content (AvgIpc) is 3.56. The molecule has 2 atom stereocenters. The average molecular weight is 608 g/mol. The number of para-hydroxylation sites is 1. The molecule has 3 N–H and O–H groups in total. The number of benzene rings is 1. The van der Waals surface area contributed by atoms with E-state index >= 15 is 0 Å². The van der Waals surface area contributed by atoms with Crippen molar-refractivity contribution in [3.05, 3.63) is 77.9 Å². The van der Waals surface area contributed by atoms with Crippen molar-refractivity contribution in [1.82, 2.24) is 35.1 Å². The third-order valence-corrected chi connectivity index (χ3v) is 7.45. The Hall–Kier alpha value is -4.57. The Labute approximate surface area is 251 Å². The number of methoxy groups -OCH3 is 1. The van der Waals surface area contributed by atoms with E-state index in [9.17, 15) is 18.7 Å². The third kappa shape index (κ3) is 6.07. The zero-order valence-electron chi connectivity index (χ0n) is 24.0. The van der Waals surface area contributed by atoms with Crippen LogP contribution < -0.4 is 15.5 Å². The quantitative estimate of drug-likeness (QED) is 0.243. The minimum atomic E-state index is -1.22. The second kappa shape index (κ2) is 12.6. The Morgan fingerprint density at radius 3 is 2.55 bits per heavy atom. The van der Waals surface area contributed by atoms with Gasteiger partial charge < -0.3 is 20.1 Å². The van der Waals surface area contributed by atoms with Crippen molar-refractivity contribution in [2.45, 2.75) is 25.2 Å². The van der Waals surface area contributed by atoms with Gasteiger partial charge in [0.2, 0.25) is 11.9 Å². The highest BCUT2D eigenvalue weighted by atomic mass is 19.2. The first-order valence-electron chi connectivity index (χ1n) is 14.0. The van der Waals surface area contributed by atoms with Crippen LogP contribution in [-0.4, -0.2) is 93.0 Å². The molecular weight excluding hydrogens is 576 g/mol. The molecule has 2 fully saturated rings. The van der Waals surface area contributed by atoms with E-state index in [1.807, 2.05) is 42.2 Å². The number of ether oxygens (including phenoxy) is 1. The molecule has 0 aliphatic carbocycles. The van der Waals surface area contributed by atoms with Crippen LogP contribution in [0.25, 0.3) is 16.9 Å². The number of β-amino-alcohol motifs (C(OH)–C–C–N with tert-alkyl or cyclic N) is 1. The number of aliphatic hydroxyl groups is 1. The molecule has 0 bridgehead atoms. The van der Waals surface area contributed by atoms with Gasteiger partial charge in [0.25, 0.3) is 0 Å². The van der Waals surface area contributed by atoms with Gasteiger partial charge in [-0.15, -0.1) is 0 Å². The fourth-order valence-corrected chi connectivity index (χ4v) is 5.15. The van der Waals surface area contributed by atoms with Crippen LogP contribution in [0.15, 0.2) is 55.0 Å². The number of carbonyl (C=O) groups excluding carboxylic acids is 1. The van der Waals surface area contributed by atoms with Gasteiger partial charge in [0.1, 0.15) is 17.6 Å². The van der Waals surface area contributed by atoms with Crippen LogP contribution in [0.4, 0.5) is 25.3 Å². The minimum Gasteiger partial charge on any atom is -0.389 e. The van der Waals surface area contributed by atoms with Crippen LogP contribution in [0.5, 0.6) is 0 Å². The molecule has 0 spiro atoms. The van der Waals surface area contributed by atoms with Crippen molar-refractivity contribution in [2.75, 3.05) is 50.1 Å². The largest absolute Gasteiger partial charge is 0.389 e. The normalized spacial score (nSPS) is 18.8. The zero-order chi connectivity index (χ0) is 30.8. The Morgan fingerprint density at radius 2 is 1.86 bits per heavy atom. The van der Waals surface area contributed by atoms with E-state index in [1.165, 1.54) is 6.20 Å². The number of anilines is 2. The number of nitrogens with zero attached hydrogens (tertiary/aromatic N) is 7. The molecule has 3 aromatic heterocycles. The van der Waals surface area contributed by atoms with Crippen LogP contribution in [0.2, 0.25) is 0 Å². The van der Waals surface area contributed by atoms with Gasteiger partial charge in [-0.05, 0) is 25.1 Å². The van der Waals surface area contributed by atoms with E-state index in [1.54, 1.807) is 29.2 Å². The van der Waals surface area contributed by atoms with Crippen LogP contribution in [0.3, 0.4) is 0 Å². The first-order chi connectivity index (χ1) is 21.3. The highest BCUT2D eigenvalue weighted by molar-refractivity contribution is 5.91. The van der Waals surface area contributed by atoms with Gasteiger partial charge in [0.15, 0.2) is 5.82 Å². The van der Waals surface area contributed by atoms with Crippen molar-refractivity contribution >= 4 is 17.8 Å². The molecule has 230 valence electrons. The van der Waals surface area contributed by atoms with E-state index < -0.39 is 29.9 Å². The Balaban J connectivity index is 1.26. The lowest BCUT2D eigenvalue weighted by Gasteiger charge is -2.35. The van der Waals surface area contributed by atoms with Crippen molar-refractivity contribution < 1.29 is 28.3 Å². The van der Waals surface area contributed by atoms with Gasteiger partial charge >= 0.3 is 6.03 Å². The van der Waals surface area contributed by atoms with E-state index in [4.69, 9.17) is 14.7 Å². The maximum absolute atomic E-state index is 14.0. The van der Waals surface area contributed by atoms with Gasteiger partial charge in [-0.2, -0.15) is 14.6 Å². The first kappa shape index (κ1) is 29.5. The molecule has 1 aromatic carbocycles. The molecule has 0 saturated carbocycles. The Kier molecular flexibility index (Phi) is 8.43. The summed E-state index contributed by atoms with van der Waals surface area (Å²) in [5, 5.41) is 21.8. The summed E-state index contributed by atoms with van der Waals surface area (Å²) in [6, 6.07) is 9.15. The molecule has 6 rings (SSSR count). The van der Waals surface area contributed by atoms with Crippen LogP contribution in [-0.2, 0) is 9.57 Å². The lowest BCUT2D eigenvalue weighted by molar-refractivity contribution is -0.154. The number of hydroxylamine groups is 2. The van der Waals surface area contributed by atoms with Crippen LogP contribution >= 0.6 is 0 Å². The van der Waals surface area contributed by atoms with Crippen molar-refractivity contribution in [3.63, 3.8) is 0 Å². The summed E-state index contributed by atoms with van der Waals surface area (Å²) in [5.41, 5.74) is 2.88. The monoisotopic (exact) mass is 607 g/mol. The van der Waals surface area contributed by atoms with E-state index in [2.05, 4.69) is 25.6 Å². The number of nitrogens with one attached hydrogen (secondary N) is 2. The maximum atomic E-state index is 14.0. The number of hydrogen-bond acceptors (Lipinski definition) is 10. The van der Waals surface area contributed by atoms with E-state index in [-0.39, 0.29) is 18.2 Å². The fraction of sp³-hybridized carbons (Fsp3) is 0.345. The maximum Gasteiger partial charge on any atom is 0.320 e. The first-order valence-corrected chi connectivity index (χ1v) is 14.0. The SMILES string of the molecule is COCCN1C[C@@H](NC(=O)Nc2c(C)c(-c3cnc(N4CC(O)C4)nc3)nn2-c2ccccc2)[C@H](c2cnc(F)c(F)c2)O1. The standard InChI is InChI=1S/C29H31F2N9O4/c1-17-24(19-12-33-28(34-13-19)38-14-21(41)15-38)37-40(20-6-4-3-5-7-20)27(17)36-29(42)35-23-16-39(8-9-43-2)44-25(23)18-10-22(30)26(31)32-11-18/h3-7,10-13,21,23,25,41H,8-9,14-16H2,1-2H3,(H2,35,36,42)/t23-,25+/m1/s1. The van der Waals surface area contributed by atoms with Crippen molar-refractivity contribution in [3.8, 4) is 16.9 Å². The van der Waals surface area contributed by atoms with Crippen LogP contribution in [0, 0.1) is 18.7 Å². The molecule has 2 saturated heterocycles. The number of halogens is 2. The smallest absolute Gasteiger partial charge is 0.320 e. The molecule has 2 aliphatic rings. The molecule has 0 radical (unpaired) electrons. The molecule has 2 aliphatic heterocycles. The van der Waals surface area contributed by atoms with Crippen molar-refractivity contribution in [1.29, 1.82) is 0 Å². The summed E-state index contributed by atoms with van der Waals surface area (Å²) in [4.78, 5) is 33.7. The third-order valence-electron chi connectivity index (χ3n) is 7.45. The van der Waals surface area contributed by atoms with Gasteiger partial charge in [-0.25, -0.2) is 28.8 Å². The summed E-state index contributed by atoms with van der Waals surface area (Å²) >= 11 is 0. The van der Waals surface area contributed by atoms with Crippen LogP contribution in [0.1, 0.15) is 17.2 Å². The van der Waals surface area contributed by atoms with Gasteiger partial charge in [0, 0.05) is 68.6 Å². The second-order valence-corrected chi connectivity index (χ2v) is 10.6. The summed E-state index contributed by atoms with van der Waals surface area (Å²) in [7, 11) is 1.56. The molecular formula is C29H31F2N9O4. The summed E-state index contributed by atoms with van der Waals surface area (Å²) in [6.45, 7) is 3.82. The molecule has 0 unspecified atom stereocenters. The van der Waals surface area contributed by atoms with E-state index in [0.717, 1.165) is 6.07 Å². The number of pyridine rings is 1. The molecule has 13 nitrogen and oxygen atoms in total. The number of hydrogen-bond donors (Lipinski definition) is 3. The zero-order valence-corrected chi connectivity index (χ0v) is 24.0. The molecule has 5 heterocycles. The molecule has 44 heavy (non-hydrogen) atoms. The lowest BCUT2D eigenvalue weighted by Crippen LogP contribution is -2.51. The minimum absolute atomic E-state index is 0.264. The van der Waals surface area contributed by atoms with Crippen molar-refractivity contribution in [2.24, 2.45) is 0 Å². The number of urea groups is 1. The van der Waals surface area contributed by atoms with Gasteiger partial charge in [0.05, 0.1) is 24.4 Å². The van der Waals surface area contributed by atoms with Gasteiger partial charge in [-0.1, -0.05) is 18.2 Å². The van der Waals surface area contributed by atoms with Gasteiger partial charge in [-0.3, -0.25) is 10.2 Å². The highest BCUT2D eigenvalue weighted by Crippen LogP contribution is 2.32. The number of rotatable bonds is 9. The molecule has 2 amide bonds. The Morgan fingerprint density at radius 1 is 1.11 bits per heavy atom. The highest BCUT2D eigenvalue weighted by Gasteiger charge is 2.37. The fourth-order valence-electron chi connectivity index (χ4n) is 5.15. The predicted molar refractivity (Wildman–Crippen MR) is 155 cm³/mol. The molecule has 15 heteroatoms. The summed E-state index contributed by atoms with van der Waals surface area (Å²) < 4.78 is 34.3. The summed E-state index contributed by atoms with van der Waals surface area (Å²) in [6.07, 6.45) is 3.31. The lowest BCUT2D eigenvalue weighted by atomic mass is 10.0.